The average Bonchev–Trinajstić information content (AvgIpc) is 2.65. The summed E-state index contributed by atoms with van der Waals surface area (Å²) in [6.45, 7) is 2.03. The first kappa shape index (κ1) is 20.8. The van der Waals surface area contributed by atoms with E-state index in [0.717, 1.165) is 0 Å². The van der Waals surface area contributed by atoms with E-state index in [1.165, 1.54) is 37.3 Å². The lowest BCUT2D eigenvalue weighted by Crippen LogP contribution is -2.29. The minimum atomic E-state index is -0.459. The van der Waals surface area contributed by atoms with Gasteiger partial charge in [-0.2, -0.15) is 0 Å². The van der Waals surface area contributed by atoms with Gasteiger partial charge in [-0.25, -0.2) is 4.39 Å². The van der Waals surface area contributed by atoms with E-state index in [0.29, 0.717) is 36.4 Å². The van der Waals surface area contributed by atoms with Crippen LogP contribution in [0.3, 0.4) is 0 Å². The minimum Gasteiger partial charge on any atom is -0.427 e. The average molecular weight is 384 g/mol. The molecule has 0 atom stereocenters. The second kappa shape index (κ2) is 10.6. The van der Waals surface area contributed by atoms with Crippen LogP contribution in [-0.2, 0) is 9.59 Å². The molecule has 0 bridgehead atoms. The molecule has 2 amide bonds. The Morgan fingerprint density at radius 1 is 1.04 bits per heavy atom. The Kier molecular flexibility index (Phi) is 7.90. The van der Waals surface area contributed by atoms with Gasteiger partial charge in [0.2, 0.25) is 5.91 Å². The number of carbonyl (C=O) groups excluding carboxylic acids is 3. The van der Waals surface area contributed by atoms with Crippen LogP contribution >= 0.6 is 0 Å². The Labute approximate surface area is 162 Å². The molecule has 2 aromatic carbocycles. The zero-order valence-electron chi connectivity index (χ0n) is 15.4. The molecular formula is C21H21FN2O4. The minimum absolute atomic E-state index is 0.300. The Morgan fingerprint density at radius 2 is 1.79 bits per heavy atom. The van der Waals surface area contributed by atoms with E-state index in [1.54, 1.807) is 30.3 Å². The number of rotatable bonds is 8. The Morgan fingerprint density at radius 3 is 2.54 bits per heavy atom. The molecule has 0 aliphatic rings. The third-order valence-corrected chi connectivity index (χ3v) is 3.57. The van der Waals surface area contributed by atoms with Crippen LogP contribution < -0.4 is 15.4 Å². The Bertz CT molecular complexity index is 880. The summed E-state index contributed by atoms with van der Waals surface area (Å²) in [6, 6.07) is 12.2. The van der Waals surface area contributed by atoms with Gasteiger partial charge in [-0.3, -0.25) is 14.4 Å². The second-order valence-electron chi connectivity index (χ2n) is 5.91. The summed E-state index contributed by atoms with van der Waals surface area (Å²) in [5, 5.41) is 5.41. The highest BCUT2D eigenvalue weighted by Gasteiger charge is 2.07. The van der Waals surface area contributed by atoms with Gasteiger partial charge in [0, 0.05) is 31.7 Å². The van der Waals surface area contributed by atoms with E-state index in [1.807, 2.05) is 0 Å². The molecule has 146 valence electrons. The van der Waals surface area contributed by atoms with Crippen LogP contribution in [0.4, 0.5) is 4.39 Å². The molecule has 28 heavy (non-hydrogen) atoms. The monoisotopic (exact) mass is 384 g/mol. The zero-order valence-corrected chi connectivity index (χ0v) is 15.4. The van der Waals surface area contributed by atoms with Crippen molar-refractivity contribution in [2.75, 3.05) is 13.1 Å². The maximum atomic E-state index is 13.1. The summed E-state index contributed by atoms with van der Waals surface area (Å²) in [5.74, 6) is -1.12. The maximum absolute atomic E-state index is 13.1. The van der Waals surface area contributed by atoms with Crippen molar-refractivity contribution >= 4 is 23.9 Å². The first-order valence-electron chi connectivity index (χ1n) is 8.72. The molecule has 0 fully saturated rings. The lowest BCUT2D eigenvalue weighted by Gasteiger charge is -2.07. The molecule has 7 heteroatoms. The van der Waals surface area contributed by atoms with E-state index in [-0.39, 0.29) is 17.6 Å². The van der Waals surface area contributed by atoms with Crippen LogP contribution in [-0.4, -0.2) is 30.9 Å². The molecule has 0 spiro atoms. The fraction of sp³-hybridized carbons (Fsp3) is 0.190. The molecule has 0 aliphatic carbocycles. The van der Waals surface area contributed by atoms with Crippen LogP contribution in [0.15, 0.2) is 54.6 Å². The van der Waals surface area contributed by atoms with Crippen LogP contribution in [0.1, 0.15) is 29.3 Å². The van der Waals surface area contributed by atoms with Gasteiger partial charge in [0.1, 0.15) is 11.6 Å². The van der Waals surface area contributed by atoms with Crippen molar-refractivity contribution in [1.29, 1.82) is 0 Å². The summed E-state index contributed by atoms with van der Waals surface area (Å²) in [4.78, 5) is 34.8. The zero-order chi connectivity index (χ0) is 20.4. The number of hydrogen-bond donors (Lipinski definition) is 2. The third-order valence-electron chi connectivity index (χ3n) is 3.57. The highest BCUT2D eigenvalue weighted by atomic mass is 19.1. The van der Waals surface area contributed by atoms with E-state index in [9.17, 15) is 18.8 Å². The summed E-state index contributed by atoms with van der Waals surface area (Å²) >= 11 is 0. The van der Waals surface area contributed by atoms with Gasteiger partial charge in [-0.05, 0) is 48.4 Å². The SMILES string of the molecule is CC(=O)Oc1cccc(C(=O)NCCCNC(=O)/C=C/c2cccc(F)c2)c1. The standard InChI is InChI=1S/C21H21FN2O4/c1-15(25)28-19-8-3-6-17(14-19)21(27)24-12-4-11-23-20(26)10-9-16-5-2-7-18(22)13-16/h2-3,5-10,13-14H,4,11-12H2,1H3,(H,23,26)(H,24,27)/b10-9+. The predicted molar refractivity (Wildman–Crippen MR) is 103 cm³/mol. The van der Waals surface area contributed by atoms with Crippen molar-refractivity contribution in [3.63, 3.8) is 0 Å². The van der Waals surface area contributed by atoms with Crippen molar-refractivity contribution in [2.24, 2.45) is 0 Å². The fourth-order valence-corrected chi connectivity index (χ4v) is 2.31. The van der Waals surface area contributed by atoms with Crippen LogP contribution in [0.2, 0.25) is 0 Å². The van der Waals surface area contributed by atoms with Crippen LogP contribution in [0.5, 0.6) is 5.75 Å². The quantitative estimate of drug-likeness (QED) is 0.317. The topological polar surface area (TPSA) is 84.5 Å². The number of benzene rings is 2. The van der Waals surface area contributed by atoms with Crippen LogP contribution in [0.25, 0.3) is 6.08 Å². The lowest BCUT2D eigenvalue weighted by molar-refractivity contribution is -0.131. The predicted octanol–water partition coefficient (Wildman–Crippen LogP) is 2.70. The summed E-state index contributed by atoms with van der Waals surface area (Å²) in [5.41, 5.74) is 0.971. The second-order valence-corrected chi connectivity index (χ2v) is 5.91. The van der Waals surface area contributed by atoms with Gasteiger partial charge in [-0.1, -0.05) is 18.2 Å². The van der Waals surface area contributed by atoms with Gasteiger partial charge in [0.05, 0.1) is 0 Å². The summed E-state index contributed by atoms with van der Waals surface area (Å²) in [7, 11) is 0. The molecular weight excluding hydrogens is 363 g/mol. The third kappa shape index (κ3) is 7.41. The molecule has 0 aromatic heterocycles. The van der Waals surface area contributed by atoms with Gasteiger partial charge in [0.25, 0.3) is 5.91 Å². The van der Waals surface area contributed by atoms with Crippen LogP contribution in [0, 0.1) is 5.82 Å². The number of esters is 1. The normalized spacial score (nSPS) is 10.5. The highest BCUT2D eigenvalue weighted by molar-refractivity contribution is 5.94. The van der Waals surface area contributed by atoms with Gasteiger partial charge in [0.15, 0.2) is 0 Å². The first-order valence-corrected chi connectivity index (χ1v) is 8.72. The molecule has 0 aliphatic heterocycles. The maximum Gasteiger partial charge on any atom is 0.308 e. The Hall–Kier alpha value is -3.48. The smallest absolute Gasteiger partial charge is 0.308 e. The van der Waals surface area contributed by atoms with E-state index >= 15 is 0 Å². The van der Waals surface area contributed by atoms with Crippen molar-refractivity contribution in [1.82, 2.24) is 10.6 Å². The largest absolute Gasteiger partial charge is 0.427 e. The number of amides is 2. The van der Waals surface area contributed by atoms with Crippen molar-refractivity contribution < 1.29 is 23.5 Å². The Balaban J connectivity index is 1.69. The number of hydrogen-bond acceptors (Lipinski definition) is 4. The molecule has 2 aromatic rings. The van der Waals surface area contributed by atoms with E-state index < -0.39 is 5.97 Å². The molecule has 0 saturated carbocycles. The first-order chi connectivity index (χ1) is 13.4. The van der Waals surface area contributed by atoms with Crippen molar-refractivity contribution in [3.05, 3.63) is 71.6 Å². The molecule has 2 N–H and O–H groups in total. The lowest BCUT2D eigenvalue weighted by atomic mass is 10.2. The van der Waals surface area contributed by atoms with Gasteiger partial charge >= 0.3 is 5.97 Å². The molecule has 0 heterocycles. The van der Waals surface area contributed by atoms with Gasteiger partial charge < -0.3 is 15.4 Å². The molecule has 0 radical (unpaired) electrons. The molecule has 0 saturated heterocycles. The van der Waals surface area contributed by atoms with Crippen molar-refractivity contribution in [3.8, 4) is 5.75 Å². The number of halogens is 1. The summed E-state index contributed by atoms with van der Waals surface area (Å²) in [6.07, 6.45) is 3.39. The molecule has 0 unspecified atom stereocenters. The summed E-state index contributed by atoms with van der Waals surface area (Å²) < 4.78 is 18.0. The number of ether oxygens (including phenoxy) is 1. The van der Waals surface area contributed by atoms with E-state index in [4.69, 9.17) is 4.74 Å². The van der Waals surface area contributed by atoms with Gasteiger partial charge in [-0.15, -0.1) is 0 Å². The van der Waals surface area contributed by atoms with Crippen molar-refractivity contribution in [2.45, 2.75) is 13.3 Å². The molecule has 2 rings (SSSR count). The number of carbonyl (C=O) groups is 3. The fourth-order valence-electron chi connectivity index (χ4n) is 2.31. The number of nitrogens with one attached hydrogen (secondary N) is 2. The van der Waals surface area contributed by atoms with E-state index in [2.05, 4.69) is 10.6 Å². The highest BCUT2D eigenvalue weighted by Crippen LogP contribution is 2.13. The molecule has 6 nitrogen and oxygen atoms in total.